The van der Waals surface area contributed by atoms with Gasteiger partial charge in [0.15, 0.2) is 0 Å². The van der Waals surface area contributed by atoms with Crippen molar-refractivity contribution in [2.45, 2.75) is 173 Å². The molecule has 1 heterocycles. The Labute approximate surface area is 489 Å². The second-order valence-corrected chi connectivity index (χ2v) is 16.5. The summed E-state index contributed by atoms with van der Waals surface area (Å²) in [5, 5.41) is 27.5. The van der Waals surface area contributed by atoms with Crippen molar-refractivity contribution in [2.75, 3.05) is 158 Å². The quantitative estimate of drug-likeness (QED) is 0.0413. The molecule has 0 radical (unpaired) electrons. The number of ether oxygens (including phenoxy) is 12. The van der Waals surface area contributed by atoms with Crippen LogP contribution in [0.4, 0.5) is 0 Å². The van der Waals surface area contributed by atoms with Gasteiger partial charge in [0.25, 0.3) is 0 Å². The first-order valence-electron chi connectivity index (χ1n) is 24.4. The molecule has 2 bridgehead atoms. The monoisotopic (exact) mass is 1170 g/mol. The van der Waals surface area contributed by atoms with E-state index in [2.05, 4.69) is 15.8 Å². The van der Waals surface area contributed by atoms with Crippen LogP contribution in [0.25, 0.3) is 0 Å². The maximum absolute atomic E-state index is 11.4. The SMILES string of the molecule is C.C.C.C.C.C.C.C.C.C.C.C.CCC(=O)NCCOCCOCC(COCCOCCNC(=O)CC)OCCOCCC1CC2CC1C1ON=C(CCOCCOC(COCCOCCC(=O)O)COCCOCCC(=O)O)C21. The molecule has 0 spiro atoms. The number of hydrogen-bond acceptors (Lipinski definition) is 18. The van der Waals surface area contributed by atoms with Crippen LogP contribution in [0.5, 0.6) is 0 Å². The molecule has 490 valence electrons. The highest BCUT2D eigenvalue weighted by atomic mass is 16.6. The summed E-state index contributed by atoms with van der Waals surface area (Å²) in [6.45, 7) is 11.9. The maximum atomic E-state index is 11.4. The molecule has 3 aliphatic rings. The van der Waals surface area contributed by atoms with E-state index < -0.39 is 11.9 Å². The van der Waals surface area contributed by atoms with Crippen LogP contribution < -0.4 is 10.6 Å². The molecule has 2 amide bonds. The summed E-state index contributed by atoms with van der Waals surface area (Å²) in [6, 6.07) is 0. The number of carboxylic acids is 2. The standard InChI is InChI=1S/C46H81N3O19.12CH4/c1-3-41(50)47-9-15-60-19-23-64-33-38(34-65-24-20-61-16-10-48-42(51)4-2)66-27-25-56-11-5-35-29-36-30-39(35)46-45(36)40(49-68-46)6-12-57-26-28-67-37(31-62-21-17-58-13-7-43(52)53)32-63-22-18-59-14-8-44(54)55;;;;;;;;;;;;/h35-39,45-46H,3-34H2,1-2H3,(H,47,50)(H,48,51)(H,52,53)(H,54,55);12*1H4. The number of oxime groups is 1. The zero-order valence-electron chi connectivity index (χ0n) is 40.5. The van der Waals surface area contributed by atoms with Crippen LogP contribution in [0, 0.1) is 23.7 Å². The Bertz CT molecular complexity index is 1330. The second-order valence-electron chi connectivity index (χ2n) is 16.5. The van der Waals surface area contributed by atoms with Crippen LogP contribution in [0.2, 0.25) is 0 Å². The highest BCUT2D eigenvalue weighted by Crippen LogP contribution is 2.56. The lowest BCUT2D eigenvalue weighted by atomic mass is 9.76. The molecule has 5 unspecified atom stereocenters. The normalized spacial score (nSPS) is 16.5. The number of aliphatic carboxylic acids is 2. The van der Waals surface area contributed by atoms with Crippen molar-refractivity contribution >= 4 is 29.5 Å². The smallest absolute Gasteiger partial charge is 0.305 e. The number of rotatable bonds is 48. The summed E-state index contributed by atoms with van der Waals surface area (Å²) in [4.78, 5) is 50.1. The maximum Gasteiger partial charge on any atom is 0.305 e. The van der Waals surface area contributed by atoms with Gasteiger partial charge in [-0.15, -0.1) is 0 Å². The Morgan fingerprint density at radius 2 is 0.850 bits per heavy atom. The van der Waals surface area contributed by atoms with Gasteiger partial charge in [0.1, 0.15) is 18.3 Å². The zero-order valence-corrected chi connectivity index (χ0v) is 40.5. The summed E-state index contributed by atoms with van der Waals surface area (Å²) in [7, 11) is 0. The van der Waals surface area contributed by atoms with Gasteiger partial charge < -0.3 is 82.5 Å². The number of amides is 2. The minimum absolute atomic E-state index is 0. The number of nitrogens with zero attached hydrogens (tertiary/aromatic N) is 1. The van der Waals surface area contributed by atoms with Gasteiger partial charge in [-0.2, -0.15) is 0 Å². The summed E-state index contributed by atoms with van der Waals surface area (Å²) >= 11 is 0. The number of carbonyl (C=O) groups is 4. The molecule has 3 rings (SSSR count). The molecule has 0 aromatic rings. The van der Waals surface area contributed by atoms with Gasteiger partial charge in [-0.25, -0.2) is 0 Å². The first-order valence-corrected chi connectivity index (χ1v) is 24.4. The summed E-state index contributed by atoms with van der Waals surface area (Å²) in [6.07, 6.45) is 4.04. The third-order valence-electron chi connectivity index (χ3n) is 11.4. The first kappa shape index (κ1) is 99.0. The Morgan fingerprint density at radius 1 is 0.487 bits per heavy atom. The fourth-order valence-electron chi connectivity index (χ4n) is 8.06. The van der Waals surface area contributed by atoms with Crippen molar-refractivity contribution in [3.05, 3.63) is 0 Å². The molecule has 22 nitrogen and oxygen atoms in total. The van der Waals surface area contributed by atoms with Gasteiger partial charge in [0.05, 0.1) is 157 Å². The van der Waals surface area contributed by atoms with Crippen LogP contribution in [-0.4, -0.2) is 216 Å². The second kappa shape index (κ2) is 65.0. The molecule has 22 heteroatoms. The van der Waals surface area contributed by atoms with Crippen molar-refractivity contribution in [1.29, 1.82) is 0 Å². The van der Waals surface area contributed by atoms with Crippen molar-refractivity contribution in [1.82, 2.24) is 10.6 Å². The lowest BCUT2D eigenvalue weighted by Crippen LogP contribution is -2.35. The molecular weight excluding hydrogens is 1040 g/mol. The Kier molecular flexibility index (Phi) is 80.4. The van der Waals surface area contributed by atoms with Crippen LogP contribution in [-0.2, 0) is 80.9 Å². The van der Waals surface area contributed by atoms with Crippen LogP contribution in [0.3, 0.4) is 0 Å². The predicted molar refractivity (Wildman–Crippen MR) is 324 cm³/mol. The summed E-state index contributed by atoms with van der Waals surface area (Å²) < 4.78 is 68.6. The van der Waals surface area contributed by atoms with Gasteiger partial charge in [0.2, 0.25) is 11.8 Å². The molecule has 2 fully saturated rings. The fraction of sp³-hybridized carbons (Fsp3) is 0.914. The van der Waals surface area contributed by atoms with Gasteiger partial charge in [-0.05, 0) is 31.1 Å². The fourth-order valence-corrected chi connectivity index (χ4v) is 8.06. The van der Waals surface area contributed by atoms with Gasteiger partial charge in [0, 0.05) is 50.8 Å². The molecule has 5 atom stereocenters. The van der Waals surface area contributed by atoms with Gasteiger partial charge >= 0.3 is 11.9 Å². The van der Waals surface area contributed by atoms with E-state index in [1.54, 1.807) is 13.8 Å². The third kappa shape index (κ3) is 46.4. The van der Waals surface area contributed by atoms with Crippen LogP contribution in [0.15, 0.2) is 5.16 Å². The molecular formula is C58H129N3O19. The largest absolute Gasteiger partial charge is 0.481 e. The lowest BCUT2D eigenvalue weighted by Gasteiger charge is -2.30. The molecule has 0 aromatic heterocycles. The van der Waals surface area contributed by atoms with Gasteiger partial charge in [-0.3, -0.25) is 19.2 Å². The minimum atomic E-state index is -0.922. The molecule has 80 heavy (non-hydrogen) atoms. The number of carboxylic acid groups (broad SMARTS) is 2. The van der Waals surface area contributed by atoms with Gasteiger partial charge in [-0.1, -0.05) is 108 Å². The molecule has 2 aliphatic carbocycles. The highest BCUT2D eigenvalue weighted by molar-refractivity contribution is 5.89. The predicted octanol–water partition coefficient (Wildman–Crippen LogP) is 9.37. The van der Waals surface area contributed by atoms with E-state index in [9.17, 15) is 19.2 Å². The van der Waals surface area contributed by atoms with Crippen molar-refractivity contribution in [3.63, 3.8) is 0 Å². The number of hydrogen-bond donors (Lipinski definition) is 4. The highest BCUT2D eigenvalue weighted by Gasteiger charge is 2.57. The first-order chi connectivity index (χ1) is 33.2. The molecule has 1 aliphatic heterocycles. The molecule has 0 saturated heterocycles. The Morgan fingerprint density at radius 3 is 1.25 bits per heavy atom. The molecule has 4 N–H and O–H groups in total. The number of nitrogens with one attached hydrogen (secondary N) is 2. The zero-order chi connectivity index (χ0) is 48.9. The summed E-state index contributed by atoms with van der Waals surface area (Å²) in [5.74, 6) is -0.0331. The Hall–Kier alpha value is -3.13. The molecule has 0 aromatic carbocycles. The van der Waals surface area contributed by atoms with E-state index >= 15 is 0 Å². The van der Waals surface area contributed by atoms with E-state index in [4.69, 9.17) is 71.9 Å². The Balaban J connectivity index is -0.000000510. The topological polar surface area (TPSA) is 265 Å². The number of fused-ring (bicyclic) bond motifs is 5. The van der Waals surface area contributed by atoms with Crippen molar-refractivity contribution < 1.29 is 91.1 Å². The van der Waals surface area contributed by atoms with Crippen molar-refractivity contribution in [2.24, 2.45) is 28.8 Å². The van der Waals surface area contributed by atoms with E-state index in [1.165, 1.54) is 0 Å². The van der Waals surface area contributed by atoms with E-state index in [-0.39, 0.29) is 185 Å². The molecule has 2 saturated carbocycles. The van der Waals surface area contributed by atoms with Crippen molar-refractivity contribution in [3.8, 4) is 0 Å². The van der Waals surface area contributed by atoms with E-state index in [1.807, 2.05) is 0 Å². The average molecular weight is 1170 g/mol. The third-order valence-corrected chi connectivity index (χ3v) is 11.4. The van der Waals surface area contributed by atoms with E-state index in [0.717, 1.165) is 25.0 Å². The average Bonchev–Trinajstić information content (AvgIpc) is 4.05. The summed E-state index contributed by atoms with van der Waals surface area (Å²) in [5.41, 5.74) is 1.07. The van der Waals surface area contributed by atoms with Crippen LogP contribution >= 0.6 is 0 Å². The number of carbonyl (C=O) groups excluding carboxylic acids is 2. The van der Waals surface area contributed by atoms with E-state index in [0.29, 0.717) is 149 Å². The minimum Gasteiger partial charge on any atom is -0.481 e. The van der Waals surface area contributed by atoms with Crippen LogP contribution in [0.1, 0.15) is 154 Å². The lowest BCUT2D eigenvalue weighted by molar-refractivity contribution is -0.139.